The number of amides is 1. The first-order valence-corrected chi connectivity index (χ1v) is 7.78. The van der Waals surface area contributed by atoms with Crippen LogP contribution in [-0.2, 0) is 16.1 Å². The fourth-order valence-corrected chi connectivity index (χ4v) is 2.59. The first-order chi connectivity index (χ1) is 12.1. The van der Waals surface area contributed by atoms with Gasteiger partial charge in [0.2, 0.25) is 12.7 Å². The molecule has 0 saturated carbocycles. The molecule has 6 nitrogen and oxygen atoms in total. The van der Waals surface area contributed by atoms with Gasteiger partial charge in [-0.3, -0.25) is 4.79 Å². The van der Waals surface area contributed by atoms with Gasteiger partial charge in [-0.2, -0.15) is 0 Å². The van der Waals surface area contributed by atoms with Gasteiger partial charge in [-0.05, 0) is 42.0 Å². The van der Waals surface area contributed by atoms with Gasteiger partial charge < -0.3 is 24.8 Å². The molecular formula is C18H19FN2O4. The number of rotatable bonds is 6. The maximum Gasteiger partial charge on any atom is 0.246 e. The van der Waals surface area contributed by atoms with Crippen molar-refractivity contribution in [3.05, 3.63) is 53.8 Å². The van der Waals surface area contributed by atoms with E-state index in [1.54, 1.807) is 18.2 Å². The molecule has 2 N–H and O–H groups in total. The Morgan fingerprint density at radius 3 is 2.68 bits per heavy atom. The summed E-state index contributed by atoms with van der Waals surface area (Å²) < 4.78 is 28.9. The van der Waals surface area contributed by atoms with Crippen LogP contribution in [0.4, 0.5) is 10.1 Å². The average molecular weight is 346 g/mol. The Hall–Kier alpha value is -2.64. The second kappa shape index (κ2) is 7.50. The summed E-state index contributed by atoms with van der Waals surface area (Å²) in [4.78, 5) is 14.2. The predicted molar refractivity (Wildman–Crippen MR) is 90.0 cm³/mol. The second-order valence-electron chi connectivity index (χ2n) is 5.65. The van der Waals surface area contributed by atoms with Gasteiger partial charge in [0.1, 0.15) is 11.9 Å². The fraction of sp³-hybridized carbons (Fsp3) is 0.278. The van der Waals surface area contributed by atoms with Crippen molar-refractivity contribution < 1.29 is 23.4 Å². The van der Waals surface area contributed by atoms with Crippen LogP contribution < -0.4 is 20.1 Å². The molecule has 1 amide bonds. The molecule has 1 aliphatic rings. The second-order valence-corrected chi connectivity index (χ2v) is 5.65. The van der Waals surface area contributed by atoms with Crippen LogP contribution in [0, 0.1) is 5.82 Å². The zero-order chi connectivity index (χ0) is 17.8. The molecule has 1 atom stereocenters. The number of hydrogen-bond donors (Lipinski definition) is 1. The summed E-state index contributed by atoms with van der Waals surface area (Å²) in [7, 11) is 1.48. The number of fused-ring (bicyclic) bond motifs is 1. The van der Waals surface area contributed by atoms with Gasteiger partial charge in [-0.25, -0.2) is 4.39 Å². The highest BCUT2D eigenvalue weighted by atomic mass is 19.1. The van der Waals surface area contributed by atoms with Crippen molar-refractivity contribution in [2.75, 3.05) is 25.4 Å². The third-order valence-corrected chi connectivity index (χ3v) is 3.85. The molecule has 1 heterocycles. The number of nitrogens with two attached hydrogens (primary N) is 1. The van der Waals surface area contributed by atoms with E-state index in [-0.39, 0.29) is 31.7 Å². The van der Waals surface area contributed by atoms with E-state index in [1.165, 1.54) is 24.1 Å². The number of ether oxygens (including phenoxy) is 3. The molecule has 0 spiro atoms. The van der Waals surface area contributed by atoms with Gasteiger partial charge in [0.15, 0.2) is 11.5 Å². The Morgan fingerprint density at radius 1 is 1.24 bits per heavy atom. The van der Waals surface area contributed by atoms with Gasteiger partial charge >= 0.3 is 0 Å². The Labute approximate surface area is 144 Å². The van der Waals surface area contributed by atoms with Crippen LogP contribution in [0.25, 0.3) is 0 Å². The number of anilines is 1. The van der Waals surface area contributed by atoms with Crippen LogP contribution in [-0.4, -0.2) is 32.5 Å². The fourth-order valence-electron chi connectivity index (χ4n) is 2.59. The van der Waals surface area contributed by atoms with E-state index in [4.69, 9.17) is 19.9 Å². The lowest BCUT2D eigenvalue weighted by molar-refractivity contribution is -0.121. The van der Waals surface area contributed by atoms with Crippen LogP contribution in [0.3, 0.4) is 0 Å². The molecule has 1 aliphatic heterocycles. The van der Waals surface area contributed by atoms with E-state index >= 15 is 0 Å². The third-order valence-electron chi connectivity index (χ3n) is 3.85. The van der Waals surface area contributed by atoms with E-state index in [1.807, 2.05) is 12.1 Å². The molecule has 25 heavy (non-hydrogen) atoms. The highest BCUT2D eigenvalue weighted by Gasteiger charge is 2.24. The molecule has 3 rings (SSSR count). The number of hydrogen-bond acceptors (Lipinski definition) is 5. The summed E-state index contributed by atoms with van der Waals surface area (Å²) in [5.74, 6) is 0.608. The number of carbonyl (C=O) groups is 1. The molecule has 132 valence electrons. The Balaban J connectivity index is 1.87. The van der Waals surface area contributed by atoms with Crippen LogP contribution in [0.1, 0.15) is 5.56 Å². The van der Waals surface area contributed by atoms with Gasteiger partial charge in [0.05, 0.1) is 13.2 Å². The quantitative estimate of drug-likeness (QED) is 0.867. The molecule has 1 unspecified atom stereocenters. The first-order valence-electron chi connectivity index (χ1n) is 7.78. The van der Waals surface area contributed by atoms with E-state index in [2.05, 4.69) is 0 Å². The molecule has 0 radical (unpaired) electrons. The van der Waals surface area contributed by atoms with Gasteiger partial charge in [0, 0.05) is 12.8 Å². The predicted octanol–water partition coefficient (Wildman–Crippen LogP) is 2.06. The highest BCUT2D eigenvalue weighted by molar-refractivity contribution is 5.97. The van der Waals surface area contributed by atoms with E-state index < -0.39 is 6.04 Å². The number of nitrogens with zero attached hydrogens (tertiary/aromatic N) is 1. The molecule has 0 aromatic heterocycles. The molecule has 0 aliphatic carbocycles. The van der Waals surface area contributed by atoms with Crippen LogP contribution in [0.2, 0.25) is 0 Å². The average Bonchev–Trinajstić information content (AvgIpc) is 3.08. The van der Waals surface area contributed by atoms with Crippen LogP contribution in [0.5, 0.6) is 11.5 Å². The van der Waals surface area contributed by atoms with Crippen molar-refractivity contribution in [1.82, 2.24) is 0 Å². The SMILES string of the molecule is COCC(N)C(=O)N(Cc1ccc2c(c1)OCO2)c1ccc(F)cc1. The molecule has 2 aromatic rings. The lowest BCUT2D eigenvalue weighted by atomic mass is 10.1. The number of halogens is 1. The van der Waals surface area contributed by atoms with Crippen molar-refractivity contribution in [2.45, 2.75) is 12.6 Å². The molecule has 0 saturated heterocycles. The van der Waals surface area contributed by atoms with Crippen molar-refractivity contribution in [2.24, 2.45) is 5.73 Å². The van der Waals surface area contributed by atoms with Crippen LogP contribution in [0.15, 0.2) is 42.5 Å². The number of benzene rings is 2. The molecular weight excluding hydrogens is 327 g/mol. The maximum atomic E-state index is 13.2. The maximum absolute atomic E-state index is 13.2. The van der Waals surface area contributed by atoms with Crippen molar-refractivity contribution >= 4 is 11.6 Å². The normalized spacial score (nSPS) is 13.6. The summed E-state index contributed by atoms with van der Waals surface area (Å²) >= 11 is 0. The number of carbonyl (C=O) groups excluding carboxylic acids is 1. The zero-order valence-corrected chi connectivity index (χ0v) is 13.8. The van der Waals surface area contributed by atoms with E-state index in [9.17, 15) is 9.18 Å². The largest absolute Gasteiger partial charge is 0.454 e. The lowest BCUT2D eigenvalue weighted by Gasteiger charge is -2.26. The number of methoxy groups -OCH3 is 1. The van der Waals surface area contributed by atoms with Gasteiger partial charge in [-0.1, -0.05) is 6.07 Å². The molecule has 0 fully saturated rings. The summed E-state index contributed by atoms with van der Waals surface area (Å²) in [5.41, 5.74) is 7.30. The smallest absolute Gasteiger partial charge is 0.246 e. The van der Waals surface area contributed by atoms with Crippen molar-refractivity contribution in [3.63, 3.8) is 0 Å². The van der Waals surface area contributed by atoms with E-state index in [0.29, 0.717) is 17.2 Å². The summed E-state index contributed by atoms with van der Waals surface area (Å²) in [6.07, 6.45) is 0. The summed E-state index contributed by atoms with van der Waals surface area (Å²) in [6, 6.07) is 10.3. The Morgan fingerprint density at radius 2 is 1.96 bits per heavy atom. The van der Waals surface area contributed by atoms with Crippen molar-refractivity contribution in [3.8, 4) is 11.5 Å². The minimum Gasteiger partial charge on any atom is -0.454 e. The highest BCUT2D eigenvalue weighted by Crippen LogP contribution is 2.33. The minimum atomic E-state index is -0.816. The summed E-state index contributed by atoms with van der Waals surface area (Å²) in [6.45, 7) is 0.536. The molecule has 2 aromatic carbocycles. The van der Waals surface area contributed by atoms with Gasteiger partial charge in [0.25, 0.3) is 0 Å². The third kappa shape index (κ3) is 3.89. The first kappa shape index (κ1) is 17.2. The Bertz CT molecular complexity index is 751. The zero-order valence-electron chi connectivity index (χ0n) is 13.8. The summed E-state index contributed by atoms with van der Waals surface area (Å²) in [5, 5.41) is 0. The monoisotopic (exact) mass is 346 g/mol. The topological polar surface area (TPSA) is 74.0 Å². The van der Waals surface area contributed by atoms with Crippen molar-refractivity contribution in [1.29, 1.82) is 0 Å². The standard InChI is InChI=1S/C18H19FN2O4/c1-23-10-15(20)18(22)21(14-5-3-13(19)4-6-14)9-12-2-7-16-17(8-12)25-11-24-16/h2-8,15H,9-11,20H2,1H3. The Kier molecular flexibility index (Phi) is 5.16. The van der Waals surface area contributed by atoms with Gasteiger partial charge in [-0.15, -0.1) is 0 Å². The lowest BCUT2D eigenvalue weighted by Crippen LogP contribution is -2.46. The molecule has 7 heteroatoms. The van der Waals surface area contributed by atoms with E-state index in [0.717, 1.165) is 5.56 Å². The molecule has 0 bridgehead atoms. The van der Waals surface area contributed by atoms with Crippen LogP contribution >= 0.6 is 0 Å². The minimum absolute atomic E-state index is 0.0949.